The third-order valence-corrected chi connectivity index (χ3v) is 6.63. The fourth-order valence-corrected chi connectivity index (χ4v) is 5.75. The van der Waals surface area contributed by atoms with Gasteiger partial charge in [0, 0.05) is 24.6 Å². The van der Waals surface area contributed by atoms with Crippen molar-refractivity contribution in [2.75, 3.05) is 25.3 Å². The molecule has 0 radical (unpaired) electrons. The highest BCUT2D eigenvalue weighted by atomic mass is 32.2. The zero-order valence-electron chi connectivity index (χ0n) is 15.3. The molecule has 0 unspecified atom stereocenters. The maximum Gasteiger partial charge on any atom is 0.337 e. The Morgan fingerprint density at radius 3 is 2.46 bits per heavy atom. The van der Waals surface area contributed by atoms with Crippen LogP contribution in [0.15, 0.2) is 22.0 Å². The molecule has 1 heterocycles. The smallest absolute Gasteiger partial charge is 0.337 e. The summed E-state index contributed by atoms with van der Waals surface area (Å²) in [7, 11) is -5.93. The number of thiocarbonyl (C=S) groups is 1. The van der Waals surface area contributed by atoms with Crippen molar-refractivity contribution in [3.8, 4) is 6.01 Å². The van der Waals surface area contributed by atoms with Gasteiger partial charge in [0.1, 0.15) is 15.6 Å². The fourth-order valence-electron chi connectivity index (χ4n) is 2.19. The first kappa shape index (κ1) is 21.8. The largest absolute Gasteiger partial charge is 0.467 e. The van der Waals surface area contributed by atoms with Crippen molar-refractivity contribution in [1.82, 2.24) is 19.7 Å². The summed E-state index contributed by atoms with van der Waals surface area (Å²) in [5.74, 6) is 0.0797. The topological polar surface area (TPSA) is 149 Å². The van der Waals surface area contributed by atoms with Gasteiger partial charge in [-0.15, -0.1) is 0 Å². The Balaban J connectivity index is 2.41. The number of sulfone groups is 1. The van der Waals surface area contributed by atoms with Crippen molar-refractivity contribution in [1.29, 1.82) is 0 Å². The van der Waals surface area contributed by atoms with E-state index in [0.717, 1.165) is 17.2 Å². The molecule has 1 aliphatic rings. The van der Waals surface area contributed by atoms with Gasteiger partial charge in [0.15, 0.2) is 9.84 Å². The monoisotopic (exact) mass is 447 g/mol. The van der Waals surface area contributed by atoms with Crippen molar-refractivity contribution in [2.45, 2.75) is 13.3 Å². The molecular weight excluding hydrogens is 430 g/mol. The molecule has 1 aromatic rings. The van der Waals surface area contributed by atoms with Crippen molar-refractivity contribution >= 4 is 48.9 Å². The van der Waals surface area contributed by atoms with Crippen LogP contribution in [0.25, 0.3) is 0 Å². The number of urea groups is 1. The van der Waals surface area contributed by atoms with Crippen LogP contribution in [-0.2, 0) is 19.9 Å². The van der Waals surface area contributed by atoms with Crippen molar-refractivity contribution in [3.05, 3.63) is 27.8 Å². The summed E-state index contributed by atoms with van der Waals surface area (Å²) in [6.07, 6.45) is 3.45. The number of amides is 2. The Bertz CT molecular complexity index is 1110. The Morgan fingerprint density at radius 1 is 1.25 bits per heavy atom. The lowest BCUT2D eigenvalue weighted by molar-refractivity contribution is 0.252. The normalized spacial score (nSPS) is 14.8. The van der Waals surface area contributed by atoms with Gasteiger partial charge in [-0.2, -0.15) is 15.0 Å². The first-order valence-electron chi connectivity index (χ1n) is 7.58. The van der Waals surface area contributed by atoms with Crippen molar-refractivity contribution < 1.29 is 26.4 Å². The highest BCUT2D eigenvalue weighted by molar-refractivity contribution is 8.00. The number of rotatable bonds is 5. The van der Waals surface area contributed by atoms with E-state index in [2.05, 4.69) is 15.0 Å². The molecule has 0 spiro atoms. The van der Waals surface area contributed by atoms with E-state index in [4.69, 9.17) is 17.0 Å². The molecule has 1 aliphatic carbocycles. The number of nitrogens with zero attached hydrogens (tertiary/aromatic N) is 4. The summed E-state index contributed by atoms with van der Waals surface area (Å²) in [6.45, 7) is 1.53. The van der Waals surface area contributed by atoms with Gasteiger partial charge in [-0.05, 0) is 13.0 Å². The Kier molecular flexibility index (Phi) is 6.15. The molecule has 0 aliphatic heterocycles. The molecule has 0 aromatic carbocycles. The summed E-state index contributed by atoms with van der Waals surface area (Å²) in [5, 5.41) is 0. The van der Waals surface area contributed by atoms with Gasteiger partial charge in [0.25, 0.3) is 10.0 Å². The molecule has 0 fully saturated rings. The van der Waals surface area contributed by atoms with Gasteiger partial charge < -0.3 is 4.74 Å². The quantitative estimate of drug-likeness (QED) is 0.622. The van der Waals surface area contributed by atoms with E-state index in [9.17, 15) is 21.6 Å². The number of ether oxygens (including phenoxy) is 1. The molecule has 152 valence electrons. The number of hydrogen-bond acceptors (Lipinski definition) is 10. The van der Waals surface area contributed by atoms with Gasteiger partial charge in [-0.25, -0.2) is 26.4 Å². The molecule has 1 N–H and O–H groups in total. The van der Waals surface area contributed by atoms with Crippen molar-refractivity contribution in [3.63, 3.8) is 0 Å². The van der Waals surface area contributed by atoms with Gasteiger partial charge in [-0.1, -0.05) is 18.3 Å². The standard InChI is InChI=1S/C14H17N5O6S3/c1-8-15-12(17-13(16-8)25-3)19(2)14(20)18-28(23,24)10-7-5-6-9(26)11(10)27(4,21)22/h5,7H,6H2,1-4H3,(H,18,20). The molecule has 28 heavy (non-hydrogen) atoms. The van der Waals surface area contributed by atoms with E-state index in [0.29, 0.717) is 0 Å². The van der Waals surface area contributed by atoms with Crippen LogP contribution < -0.4 is 14.4 Å². The molecule has 0 saturated heterocycles. The molecule has 2 amide bonds. The van der Waals surface area contributed by atoms with Gasteiger partial charge in [-0.3, -0.25) is 4.90 Å². The van der Waals surface area contributed by atoms with E-state index in [-0.39, 0.29) is 29.1 Å². The number of methoxy groups -OCH3 is 1. The first-order chi connectivity index (χ1) is 12.9. The number of allylic oxidation sites excluding steroid dienone is 3. The van der Waals surface area contributed by atoms with Crippen LogP contribution in [0.2, 0.25) is 0 Å². The molecule has 14 heteroatoms. The summed E-state index contributed by atoms with van der Waals surface area (Å²) in [6, 6.07) is -1.18. The lowest BCUT2D eigenvalue weighted by atomic mass is 10.2. The average molecular weight is 448 g/mol. The maximum atomic E-state index is 12.7. The third-order valence-electron chi connectivity index (χ3n) is 3.43. The minimum absolute atomic E-state index is 0.0518. The number of anilines is 1. The molecule has 2 rings (SSSR count). The maximum absolute atomic E-state index is 12.7. The lowest BCUT2D eigenvalue weighted by Crippen LogP contribution is -2.42. The highest BCUT2D eigenvalue weighted by Crippen LogP contribution is 2.25. The van der Waals surface area contributed by atoms with Crippen LogP contribution in [0.1, 0.15) is 12.2 Å². The molecule has 11 nitrogen and oxygen atoms in total. The predicted molar refractivity (Wildman–Crippen MR) is 105 cm³/mol. The van der Waals surface area contributed by atoms with E-state index >= 15 is 0 Å². The number of carbonyl (C=O) groups excluding carboxylic acids is 1. The van der Waals surface area contributed by atoms with E-state index < -0.39 is 35.7 Å². The van der Waals surface area contributed by atoms with Crippen LogP contribution >= 0.6 is 12.2 Å². The summed E-state index contributed by atoms with van der Waals surface area (Å²) in [5.41, 5.74) is 0. The number of sulfonamides is 1. The molecule has 0 atom stereocenters. The van der Waals surface area contributed by atoms with Crippen molar-refractivity contribution in [2.24, 2.45) is 0 Å². The molecular formula is C14H17N5O6S3. The van der Waals surface area contributed by atoms with Crippen LogP contribution in [0.4, 0.5) is 10.7 Å². The van der Waals surface area contributed by atoms with Crippen LogP contribution in [0.3, 0.4) is 0 Å². The summed E-state index contributed by atoms with van der Waals surface area (Å²) < 4.78 is 56.0. The SMILES string of the molecule is COc1nc(C)nc(N(C)C(=O)NS(=O)(=O)C2=C(S(C)(=O)=O)C(=S)CC=C2)n1. The lowest BCUT2D eigenvalue weighted by Gasteiger charge is -2.19. The zero-order chi connectivity index (χ0) is 21.3. The van der Waals surface area contributed by atoms with Crippen LogP contribution in [0.5, 0.6) is 6.01 Å². The molecule has 1 aromatic heterocycles. The second kappa shape index (κ2) is 7.89. The number of aromatic nitrogens is 3. The fraction of sp³-hybridized carbons (Fsp3) is 0.357. The third kappa shape index (κ3) is 4.69. The Labute approximate surface area is 167 Å². The number of hydrogen-bond donors (Lipinski definition) is 1. The predicted octanol–water partition coefficient (Wildman–Crippen LogP) is 0.250. The molecule has 0 bridgehead atoms. The summed E-state index contributed by atoms with van der Waals surface area (Å²) in [4.78, 5) is 23.7. The Morgan fingerprint density at radius 2 is 1.89 bits per heavy atom. The second-order valence-corrected chi connectivity index (χ2v) is 9.73. The number of aryl methyl sites for hydroxylation is 1. The summed E-state index contributed by atoms with van der Waals surface area (Å²) >= 11 is 4.99. The minimum Gasteiger partial charge on any atom is -0.467 e. The van der Waals surface area contributed by atoms with E-state index in [1.54, 1.807) is 4.72 Å². The van der Waals surface area contributed by atoms with E-state index in [1.807, 2.05) is 0 Å². The Hall–Kier alpha value is -2.45. The highest BCUT2D eigenvalue weighted by Gasteiger charge is 2.32. The van der Waals surface area contributed by atoms with E-state index in [1.165, 1.54) is 27.2 Å². The van der Waals surface area contributed by atoms with Gasteiger partial charge in [0.05, 0.1) is 7.11 Å². The second-order valence-electron chi connectivity index (χ2n) is 5.63. The molecule has 0 saturated carbocycles. The minimum atomic E-state index is -4.54. The van der Waals surface area contributed by atoms with Crippen LogP contribution in [0, 0.1) is 6.92 Å². The zero-order valence-corrected chi connectivity index (χ0v) is 17.8. The van der Waals surface area contributed by atoms with Crippen LogP contribution in [-0.4, -0.2) is 63.1 Å². The van der Waals surface area contributed by atoms with Gasteiger partial charge >= 0.3 is 12.0 Å². The first-order valence-corrected chi connectivity index (χ1v) is 11.4. The van der Waals surface area contributed by atoms with Gasteiger partial charge in [0.2, 0.25) is 5.95 Å². The average Bonchev–Trinajstić information content (AvgIpc) is 2.58. The number of carbonyl (C=O) groups is 1. The number of nitrogens with one attached hydrogen (secondary N) is 1.